The molecule has 1 aliphatic heterocycles. The average Bonchev–Trinajstić information content (AvgIpc) is 3.50. The van der Waals surface area contributed by atoms with E-state index in [1.54, 1.807) is 0 Å². The number of unbranched alkanes of at least 4 members (excludes halogenated alkanes) is 47. The first-order chi connectivity index (χ1) is 39.8. The number of allylic oxidation sites excluding steroid dienone is 6. The molecule has 0 bridgehead atoms. The summed E-state index contributed by atoms with van der Waals surface area (Å²) in [4.78, 5) is 13.2. The van der Waals surface area contributed by atoms with Gasteiger partial charge in [-0.05, 0) is 51.4 Å². The van der Waals surface area contributed by atoms with Crippen molar-refractivity contribution in [1.82, 2.24) is 5.32 Å². The summed E-state index contributed by atoms with van der Waals surface area (Å²) < 4.78 is 11.4. The van der Waals surface area contributed by atoms with Crippen LogP contribution in [0.3, 0.4) is 0 Å². The summed E-state index contributed by atoms with van der Waals surface area (Å²) in [5.74, 6) is -0.137. The highest BCUT2D eigenvalue weighted by molar-refractivity contribution is 5.76. The molecule has 0 radical (unpaired) electrons. The fraction of sp³-hybridized carbons (Fsp3) is 0.903. The van der Waals surface area contributed by atoms with Crippen molar-refractivity contribution in [3.63, 3.8) is 0 Å². The molecule has 9 heteroatoms. The van der Waals surface area contributed by atoms with Crippen molar-refractivity contribution in [2.75, 3.05) is 13.2 Å². The van der Waals surface area contributed by atoms with Crippen LogP contribution in [0.5, 0.6) is 0 Å². The van der Waals surface area contributed by atoms with Crippen LogP contribution in [0.15, 0.2) is 36.5 Å². The van der Waals surface area contributed by atoms with E-state index in [0.717, 1.165) is 51.4 Å². The van der Waals surface area contributed by atoms with Crippen LogP contribution in [0.1, 0.15) is 361 Å². The van der Waals surface area contributed by atoms with Gasteiger partial charge in [0.1, 0.15) is 24.4 Å². The topological polar surface area (TPSA) is 149 Å². The normalized spacial score (nSPS) is 18.5. The van der Waals surface area contributed by atoms with Gasteiger partial charge in [0.2, 0.25) is 5.91 Å². The summed E-state index contributed by atoms with van der Waals surface area (Å²) in [6.07, 6.45) is 75.0. The molecule has 1 heterocycles. The lowest BCUT2D eigenvalue weighted by molar-refractivity contribution is -0.302. The van der Waals surface area contributed by atoms with Crippen LogP contribution >= 0.6 is 0 Å². The van der Waals surface area contributed by atoms with E-state index in [1.807, 2.05) is 0 Å². The minimum atomic E-state index is -1.55. The fourth-order valence-corrected chi connectivity index (χ4v) is 11.6. The minimum Gasteiger partial charge on any atom is -0.394 e. The van der Waals surface area contributed by atoms with Gasteiger partial charge >= 0.3 is 0 Å². The van der Waals surface area contributed by atoms with Crippen molar-refractivity contribution in [2.24, 2.45) is 0 Å². The minimum absolute atomic E-state index is 0.134. The summed E-state index contributed by atoms with van der Waals surface area (Å²) in [6, 6.07) is -0.719. The molecule has 0 saturated carbocycles. The lowest BCUT2D eigenvalue weighted by Gasteiger charge is -2.40. The predicted octanol–water partition coefficient (Wildman–Crippen LogP) is 19.4. The third-order valence-electron chi connectivity index (χ3n) is 17.2. The predicted molar refractivity (Wildman–Crippen MR) is 346 cm³/mol. The van der Waals surface area contributed by atoms with Gasteiger partial charge in [-0.3, -0.25) is 4.79 Å². The van der Waals surface area contributed by atoms with Gasteiger partial charge in [0, 0.05) is 6.42 Å². The Bertz CT molecular complexity index is 1370. The van der Waals surface area contributed by atoms with Crippen LogP contribution in [0.2, 0.25) is 0 Å². The van der Waals surface area contributed by atoms with Gasteiger partial charge in [-0.25, -0.2) is 0 Å². The Morgan fingerprint density at radius 1 is 0.420 bits per heavy atom. The van der Waals surface area contributed by atoms with Crippen LogP contribution in [-0.2, 0) is 14.3 Å². The number of aliphatic hydroxyl groups is 5. The molecule has 1 fully saturated rings. The molecule has 0 aromatic heterocycles. The van der Waals surface area contributed by atoms with Crippen molar-refractivity contribution in [3.05, 3.63) is 36.5 Å². The van der Waals surface area contributed by atoms with Gasteiger partial charge in [-0.1, -0.05) is 339 Å². The van der Waals surface area contributed by atoms with Crippen molar-refractivity contribution in [1.29, 1.82) is 0 Å². The molecule has 1 amide bonds. The molecule has 1 saturated heterocycles. The van der Waals surface area contributed by atoms with Crippen LogP contribution in [-0.4, -0.2) is 87.5 Å². The lowest BCUT2D eigenvalue weighted by atomic mass is 9.99. The summed E-state index contributed by atoms with van der Waals surface area (Å²) in [5.41, 5.74) is 0. The first-order valence-electron chi connectivity index (χ1n) is 35.7. The lowest BCUT2D eigenvalue weighted by Crippen LogP contribution is -2.60. The second-order valence-corrected chi connectivity index (χ2v) is 25.0. The van der Waals surface area contributed by atoms with E-state index in [1.165, 1.54) is 283 Å². The molecule has 0 aromatic carbocycles. The van der Waals surface area contributed by atoms with Gasteiger partial charge < -0.3 is 40.3 Å². The molecule has 6 N–H and O–H groups in total. The number of amides is 1. The molecule has 9 nitrogen and oxygen atoms in total. The molecule has 0 aromatic rings. The number of carbonyl (C=O) groups is 1. The van der Waals surface area contributed by atoms with E-state index in [2.05, 4.69) is 55.6 Å². The molecule has 7 unspecified atom stereocenters. The SMILES string of the molecule is CCCCCCC/C=C\C/C=C\C/C=C\CCCCCCCCCCCCCCCCCCCCC(=O)NC(COC1OC(CO)C(O)C(O)C1O)C(O)CCCCCCCCCCCCCCCCCCCCCCCCCCC. The molecular formula is C72H137NO8. The number of rotatable bonds is 63. The number of hydrogen-bond acceptors (Lipinski definition) is 8. The Morgan fingerprint density at radius 3 is 1.07 bits per heavy atom. The zero-order valence-corrected chi connectivity index (χ0v) is 53.6. The quantitative estimate of drug-likeness (QED) is 0.0261. The molecule has 478 valence electrons. The van der Waals surface area contributed by atoms with Gasteiger partial charge in [0.25, 0.3) is 0 Å². The maximum Gasteiger partial charge on any atom is 0.220 e. The Kier molecular flexibility index (Phi) is 58.8. The van der Waals surface area contributed by atoms with Crippen LogP contribution in [0.25, 0.3) is 0 Å². The van der Waals surface area contributed by atoms with Gasteiger partial charge in [0.05, 0.1) is 25.4 Å². The van der Waals surface area contributed by atoms with Crippen molar-refractivity contribution < 1.29 is 39.8 Å². The fourth-order valence-electron chi connectivity index (χ4n) is 11.6. The Hall–Kier alpha value is -1.59. The van der Waals surface area contributed by atoms with Crippen LogP contribution in [0.4, 0.5) is 0 Å². The van der Waals surface area contributed by atoms with Crippen molar-refractivity contribution in [2.45, 2.75) is 403 Å². The molecule has 81 heavy (non-hydrogen) atoms. The van der Waals surface area contributed by atoms with E-state index in [4.69, 9.17) is 9.47 Å². The monoisotopic (exact) mass is 1140 g/mol. The first kappa shape index (κ1) is 77.4. The highest BCUT2D eigenvalue weighted by Crippen LogP contribution is 2.24. The first-order valence-corrected chi connectivity index (χ1v) is 35.7. The zero-order chi connectivity index (χ0) is 58.6. The number of carbonyl (C=O) groups excluding carboxylic acids is 1. The van der Waals surface area contributed by atoms with Gasteiger partial charge in [0.15, 0.2) is 6.29 Å². The summed E-state index contributed by atoms with van der Waals surface area (Å²) >= 11 is 0. The van der Waals surface area contributed by atoms with E-state index in [0.29, 0.717) is 12.8 Å². The van der Waals surface area contributed by atoms with E-state index in [9.17, 15) is 30.3 Å². The summed E-state index contributed by atoms with van der Waals surface area (Å²) in [6.45, 7) is 3.88. The molecule has 1 aliphatic rings. The molecule has 0 aliphatic carbocycles. The maximum absolute atomic E-state index is 13.2. The van der Waals surface area contributed by atoms with E-state index >= 15 is 0 Å². The second kappa shape index (κ2) is 61.5. The highest BCUT2D eigenvalue weighted by Gasteiger charge is 2.44. The third-order valence-corrected chi connectivity index (χ3v) is 17.2. The van der Waals surface area contributed by atoms with Crippen molar-refractivity contribution in [3.8, 4) is 0 Å². The number of ether oxygens (including phenoxy) is 2. The second-order valence-electron chi connectivity index (χ2n) is 25.0. The highest BCUT2D eigenvalue weighted by atomic mass is 16.7. The third kappa shape index (κ3) is 50.3. The number of nitrogens with one attached hydrogen (secondary N) is 1. The van der Waals surface area contributed by atoms with E-state index < -0.39 is 49.5 Å². The molecule has 7 atom stereocenters. The van der Waals surface area contributed by atoms with Gasteiger partial charge in [-0.15, -0.1) is 0 Å². The van der Waals surface area contributed by atoms with Crippen LogP contribution < -0.4 is 5.32 Å². The number of hydrogen-bond donors (Lipinski definition) is 6. The van der Waals surface area contributed by atoms with Crippen LogP contribution in [0, 0.1) is 0 Å². The zero-order valence-electron chi connectivity index (χ0n) is 53.6. The standard InChI is InChI=1S/C72H137NO8/c1-3-5-7-9-11-13-15-17-19-21-23-25-27-29-30-31-32-33-34-35-36-38-40-42-44-46-48-50-52-54-56-58-60-62-68(76)73-65(64-80-72-71(79)70(78)69(77)67(63-74)81-72)66(75)61-59-57-55-53-51-49-47-45-43-41-39-37-28-26-24-22-20-18-16-14-12-10-8-6-4-2/h15,17,21,23,27,29,65-67,69-72,74-75,77-79H,3-14,16,18-20,22,24-26,28,30-64H2,1-2H3,(H,73,76)/b17-15-,23-21-,29-27-. The van der Waals surface area contributed by atoms with Gasteiger partial charge in [-0.2, -0.15) is 0 Å². The largest absolute Gasteiger partial charge is 0.394 e. The average molecular weight is 1140 g/mol. The summed E-state index contributed by atoms with van der Waals surface area (Å²) in [7, 11) is 0. The Balaban J connectivity index is 2.09. The summed E-state index contributed by atoms with van der Waals surface area (Å²) in [5, 5.41) is 55.0. The molecular weight excluding hydrogens is 1010 g/mol. The van der Waals surface area contributed by atoms with E-state index in [-0.39, 0.29) is 12.5 Å². The smallest absolute Gasteiger partial charge is 0.220 e. The van der Waals surface area contributed by atoms with Crippen molar-refractivity contribution >= 4 is 5.91 Å². The molecule has 0 spiro atoms. The number of aliphatic hydroxyl groups excluding tert-OH is 5. The Morgan fingerprint density at radius 2 is 0.728 bits per heavy atom. The Labute approximate surface area is 501 Å². The molecule has 1 rings (SSSR count). The maximum atomic E-state index is 13.2.